The molecule has 1 saturated carbocycles. The number of carbonyl (C=O) groups excluding carboxylic acids is 1. The van der Waals surface area contributed by atoms with Gasteiger partial charge in [-0.3, -0.25) is 4.79 Å². The zero-order valence-electron chi connectivity index (χ0n) is 9.78. The number of hydrogen-bond donors (Lipinski definition) is 1. The first-order valence-corrected chi connectivity index (χ1v) is 6.14. The Kier molecular flexibility index (Phi) is 3.01. The largest absolute Gasteiger partial charge is 0.342 e. The van der Waals surface area contributed by atoms with Crippen LogP contribution in [0.2, 0.25) is 0 Å². The van der Waals surface area contributed by atoms with Crippen LogP contribution in [0.25, 0.3) is 0 Å². The molecule has 86 valence electrons. The number of nitrogens with two attached hydrogens (primary N) is 1. The molecular weight excluding hydrogens is 188 g/mol. The number of likely N-dealkylation sites (tertiary alicyclic amines) is 1. The van der Waals surface area contributed by atoms with Crippen molar-refractivity contribution in [3.8, 4) is 0 Å². The maximum atomic E-state index is 12.2. The molecule has 3 nitrogen and oxygen atoms in total. The van der Waals surface area contributed by atoms with Crippen LogP contribution in [0.5, 0.6) is 0 Å². The predicted molar refractivity (Wildman–Crippen MR) is 60.2 cm³/mol. The molecule has 0 radical (unpaired) electrons. The Hall–Kier alpha value is -0.570. The first kappa shape index (κ1) is 10.9. The van der Waals surface area contributed by atoms with Gasteiger partial charge >= 0.3 is 0 Å². The van der Waals surface area contributed by atoms with Crippen molar-refractivity contribution in [1.29, 1.82) is 0 Å². The lowest BCUT2D eigenvalue weighted by molar-refractivity contribution is -0.134. The van der Waals surface area contributed by atoms with Crippen molar-refractivity contribution in [1.82, 2.24) is 4.90 Å². The van der Waals surface area contributed by atoms with Gasteiger partial charge < -0.3 is 10.6 Å². The maximum absolute atomic E-state index is 12.2. The van der Waals surface area contributed by atoms with Crippen molar-refractivity contribution in [3.63, 3.8) is 0 Å². The fraction of sp³-hybridized carbons (Fsp3) is 0.917. The predicted octanol–water partition coefficient (Wildman–Crippen LogP) is 1.23. The normalized spacial score (nSPS) is 41.1. The molecule has 15 heavy (non-hydrogen) atoms. The SMILES string of the molecule is CC1CN(C(=O)C2CCCC2N)CC1C. The van der Waals surface area contributed by atoms with Gasteiger partial charge in [-0.2, -0.15) is 0 Å². The van der Waals surface area contributed by atoms with Gasteiger partial charge in [0.15, 0.2) is 0 Å². The van der Waals surface area contributed by atoms with Gasteiger partial charge in [0.1, 0.15) is 0 Å². The molecule has 2 N–H and O–H groups in total. The van der Waals surface area contributed by atoms with Crippen LogP contribution in [-0.2, 0) is 4.79 Å². The minimum atomic E-state index is 0.113. The van der Waals surface area contributed by atoms with Gasteiger partial charge in [0.2, 0.25) is 5.91 Å². The van der Waals surface area contributed by atoms with Crippen LogP contribution >= 0.6 is 0 Å². The average molecular weight is 210 g/mol. The van der Waals surface area contributed by atoms with Crippen LogP contribution in [-0.4, -0.2) is 29.9 Å². The third-order valence-corrected chi connectivity index (χ3v) is 4.19. The minimum Gasteiger partial charge on any atom is -0.342 e. The van der Waals surface area contributed by atoms with E-state index in [4.69, 9.17) is 5.73 Å². The van der Waals surface area contributed by atoms with Crippen LogP contribution in [0, 0.1) is 17.8 Å². The van der Waals surface area contributed by atoms with Crippen molar-refractivity contribution >= 4 is 5.91 Å². The molecule has 0 aromatic heterocycles. The topological polar surface area (TPSA) is 46.3 Å². The Morgan fingerprint density at radius 1 is 1.20 bits per heavy atom. The Bertz CT molecular complexity index is 244. The molecule has 0 spiro atoms. The molecule has 4 atom stereocenters. The molecule has 1 saturated heterocycles. The standard InChI is InChI=1S/C12H22N2O/c1-8-6-14(7-9(8)2)12(15)10-4-3-5-11(10)13/h8-11H,3-7,13H2,1-2H3. The number of hydrogen-bond acceptors (Lipinski definition) is 2. The van der Waals surface area contributed by atoms with E-state index < -0.39 is 0 Å². The summed E-state index contributed by atoms with van der Waals surface area (Å²) < 4.78 is 0. The number of rotatable bonds is 1. The van der Waals surface area contributed by atoms with Crippen molar-refractivity contribution in [3.05, 3.63) is 0 Å². The van der Waals surface area contributed by atoms with Crippen molar-refractivity contribution in [2.75, 3.05) is 13.1 Å². The Morgan fingerprint density at radius 3 is 2.27 bits per heavy atom. The fourth-order valence-corrected chi connectivity index (χ4v) is 2.84. The molecule has 0 aromatic rings. The second kappa shape index (κ2) is 4.12. The lowest BCUT2D eigenvalue weighted by Gasteiger charge is -2.22. The van der Waals surface area contributed by atoms with E-state index in [2.05, 4.69) is 13.8 Å². The molecule has 2 rings (SSSR count). The summed E-state index contributed by atoms with van der Waals surface area (Å²) in [5, 5.41) is 0. The zero-order valence-corrected chi connectivity index (χ0v) is 9.78. The lowest BCUT2D eigenvalue weighted by Crippen LogP contribution is -2.40. The third kappa shape index (κ3) is 2.03. The fourth-order valence-electron chi connectivity index (χ4n) is 2.84. The molecule has 1 heterocycles. The molecule has 4 unspecified atom stereocenters. The highest BCUT2D eigenvalue weighted by atomic mass is 16.2. The monoisotopic (exact) mass is 210 g/mol. The third-order valence-electron chi connectivity index (χ3n) is 4.19. The van der Waals surface area contributed by atoms with Gasteiger partial charge in [-0.15, -0.1) is 0 Å². The second-order valence-corrected chi connectivity index (χ2v) is 5.40. The number of nitrogens with zero attached hydrogens (tertiary/aromatic N) is 1. The average Bonchev–Trinajstić information content (AvgIpc) is 2.74. The highest BCUT2D eigenvalue weighted by molar-refractivity contribution is 5.80. The van der Waals surface area contributed by atoms with Gasteiger partial charge in [-0.1, -0.05) is 20.3 Å². The van der Waals surface area contributed by atoms with Crippen molar-refractivity contribution in [2.45, 2.75) is 39.2 Å². The Labute approximate surface area is 92.0 Å². The molecule has 1 amide bonds. The molecule has 1 aliphatic heterocycles. The summed E-state index contributed by atoms with van der Waals surface area (Å²) in [6.07, 6.45) is 3.14. The van der Waals surface area contributed by atoms with Gasteiger partial charge in [-0.25, -0.2) is 0 Å². The molecule has 0 bridgehead atoms. The summed E-state index contributed by atoms with van der Waals surface area (Å²) in [5.74, 6) is 1.72. The van der Waals surface area contributed by atoms with E-state index in [-0.39, 0.29) is 12.0 Å². The van der Waals surface area contributed by atoms with E-state index in [0.717, 1.165) is 32.4 Å². The smallest absolute Gasteiger partial charge is 0.227 e. The van der Waals surface area contributed by atoms with Crippen LogP contribution in [0.1, 0.15) is 33.1 Å². The van der Waals surface area contributed by atoms with E-state index in [1.54, 1.807) is 0 Å². The highest BCUT2D eigenvalue weighted by Crippen LogP contribution is 2.29. The van der Waals surface area contributed by atoms with Gasteiger partial charge in [0.05, 0.1) is 5.92 Å². The van der Waals surface area contributed by atoms with Crippen molar-refractivity contribution in [2.24, 2.45) is 23.5 Å². The summed E-state index contributed by atoms with van der Waals surface area (Å²) in [5.41, 5.74) is 5.97. The highest BCUT2D eigenvalue weighted by Gasteiger charge is 2.37. The molecular formula is C12H22N2O. The Balaban J connectivity index is 1.97. The Morgan fingerprint density at radius 2 is 1.80 bits per heavy atom. The van der Waals surface area contributed by atoms with Gasteiger partial charge in [-0.05, 0) is 24.7 Å². The van der Waals surface area contributed by atoms with Gasteiger partial charge in [0, 0.05) is 19.1 Å². The van der Waals surface area contributed by atoms with E-state index >= 15 is 0 Å². The number of carbonyl (C=O) groups is 1. The van der Waals surface area contributed by atoms with Crippen LogP contribution in [0.3, 0.4) is 0 Å². The molecule has 0 aromatic carbocycles. The summed E-state index contributed by atoms with van der Waals surface area (Å²) in [6, 6.07) is 0.115. The summed E-state index contributed by atoms with van der Waals surface area (Å²) in [4.78, 5) is 14.2. The van der Waals surface area contributed by atoms with Crippen LogP contribution in [0.4, 0.5) is 0 Å². The lowest BCUT2D eigenvalue weighted by atomic mass is 10.0. The first-order chi connectivity index (χ1) is 7.09. The first-order valence-electron chi connectivity index (χ1n) is 6.14. The second-order valence-electron chi connectivity index (χ2n) is 5.40. The molecule has 2 aliphatic rings. The number of amides is 1. The van der Waals surface area contributed by atoms with Crippen LogP contribution < -0.4 is 5.73 Å². The minimum absolute atomic E-state index is 0.113. The summed E-state index contributed by atoms with van der Waals surface area (Å²) in [7, 11) is 0. The summed E-state index contributed by atoms with van der Waals surface area (Å²) in [6.45, 7) is 6.32. The quantitative estimate of drug-likeness (QED) is 0.707. The maximum Gasteiger partial charge on any atom is 0.227 e. The van der Waals surface area contributed by atoms with E-state index in [0.29, 0.717) is 17.7 Å². The summed E-state index contributed by atoms with van der Waals surface area (Å²) >= 11 is 0. The molecule has 3 heteroatoms. The zero-order chi connectivity index (χ0) is 11.0. The van der Waals surface area contributed by atoms with E-state index in [1.807, 2.05) is 4.90 Å². The van der Waals surface area contributed by atoms with Crippen molar-refractivity contribution < 1.29 is 4.79 Å². The van der Waals surface area contributed by atoms with E-state index in [1.165, 1.54) is 0 Å². The molecule has 1 aliphatic carbocycles. The van der Waals surface area contributed by atoms with Gasteiger partial charge in [0.25, 0.3) is 0 Å². The molecule has 2 fully saturated rings. The van der Waals surface area contributed by atoms with E-state index in [9.17, 15) is 4.79 Å². The van der Waals surface area contributed by atoms with Crippen LogP contribution in [0.15, 0.2) is 0 Å².